The molecule has 2 N–H and O–H groups in total. The van der Waals surface area contributed by atoms with E-state index in [1.165, 1.54) is 0 Å². The van der Waals surface area contributed by atoms with Gasteiger partial charge in [-0.15, -0.1) is 0 Å². The van der Waals surface area contributed by atoms with Gasteiger partial charge in [0.1, 0.15) is 11.5 Å². The highest BCUT2D eigenvalue weighted by molar-refractivity contribution is 9.10. The molecular formula is C12H11BrN2O2S. The molecule has 1 fully saturated rings. The van der Waals surface area contributed by atoms with Crippen molar-refractivity contribution in [3.05, 3.63) is 28.2 Å². The summed E-state index contributed by atoms with van der Waals surface area (Å²) in [7, 11) is 0. The third-order valence-corrected chi connectivity index (χ3v) is 4.00. The summed E-state index contributed by atoms with van der Waals surface area (Å²) >= 11 is 8.57. The van der Waals surface area contributed by atoms with Crippen LogP contribution in [0.25, 0.3) is 0 Å². The largest absolute Gasteiger partial charge is 0.469 e. The highest BCUT2D eigenvalue weighted by Crippen LogP contribution is 2.41. The van der Waals surface area contributed by atoms with Crippen molar-refractivity contribution in [3.63, 3.8) is 0 Å². The predicted octanol–water partition coefficient (Wildman–Crippen LogP) is 1.89. The topological polar surface area (TPSA) is 50.4 Å². The summed E-state index contributed by atoms with van der Waals surface area (Å²) in [4.78, 5) is 11.8. The van der Waals surface area contributed by atoms with E-state index in [2.05, 4.69) is 26.6 Å². The minimum absolute atomic E-state index is 0.0816. The van der Waals surface area contributed by atoms with Crippen LogP contribution in [0.5, 0.6) is 5.75 Å². The van der Waals surface area contributed by atoms with Gasteiger partial charge in [0.2, 0.25) is 0 Å². The Morgan fingerprint density at radius 1 is 1.44 bits per heavy atom. The van der Waals surface area contributed by atoms with Gasteiger partial charge in [-0.3, -0.25) is 4.79 Å². The summed E-state index contributed by atoms with van der Waals surface area (Å²) in [6.45, 7) is 1.58. The third-order valence-electron chi connectivity index (χ3n) is 3.28. The van der Waals surface area contributed by atoms with Crippen molar-refractivity contribution in [1.82, 2.24) is 10.6 Å². The van der Waals surface area contributed by atoms with Gasteiger partial charge in [-0.25, -0.2) is 0 Å². The molecule has 3 rings (SSSR count). The van der Waals surface area contributed by atoms with Gasteiger partial charge in [0.05, 0.1) is 12.0 Å². The quantitative estimate of drug-likeness (QED) is 0.772. The maximum Gasteiger partial charge on any atom is 0.183 e. The van der Waals surface area contributed by atoms with Crippen LogP contribution in [0, 0.1) is 5.92 Å². The summed E-state index contributed by atoms with van der Waals surface area (Å²) in [6, 6.07) is 5.66. The Balaban J connectivity index is 2.12. The van der Waals surface area contributed by atoms with E-state index in [4.69, 9.17) is 17.0 Å². The fourth-order valence-corrected chi connectivity index (χ4v) is 3.12. The van der Waals surface area contributed by atoms with E-state index in [0.29, 0.717) is 5.11 Å². The number of carbonyl (C=O) groups excluding carboxylic acids is 1. The van der Waals surface area contributed by atoms with E-state index in [9.17, 15) is 4.79 Å². The van der Waals surface area contributed by atoms with Crippen LogP contribution >= 0.6 is 28.1 Å². The molecule has 18 heavy (non-hydrogen) atoms. The zero-order valence-corrected chi connectivity index (χ0v) is 12.0. The summed E-state index contributed by atoms with van der Waals surface area (Å²) in [5.74, 6) is 0.602. The molecule has 2 bridgehead atoms. The first kappa shape index (κ1) is 11.9. The lowest BCUT2D eigenvalue weighted by atomic mass is 9.84. The normalized spacial score (nSPS) is 28.6. The molecule has 0 radical (unpaired) electrons. The van der Waals surface area contributed by atoms with Crippen LogP contribution in [-0.4, -0.2) is 17.1 Å². The highest BCUT2D eigenvalue weighted by atomic mass is 79.9. The molecule has 1 aromatic carbocycles. The maximum absolute atomic E-state index is 11.8. The number of hydrogen-bond donors (Lipinski definition) is 2. The first-order chi connectivity index (χ1) is 8.56. The Kier molecular flexibility index (Phi) is 2.79. The molecule has 3 unspecified atom stereocenters. The van der Waals surface area contributed by atoms with Crippen molar-refractivity contribution in [2.75, 3.05) is 0 Å². The predicted molar refractivity (Wildman–Crippen MR) is 74.3 cm³/mol. The molecule has 3 atom stereocenters. The number of fused-ring (bicyclic) bond motifs is 4. The first-order valence-electron chi connectivity index (χ1n) is 5.60. The number of ether oxygens (including phenoxy) is 1. The summed E-state index contributed by atoms with van der Waals surface area (Å²) < 4.78 is 6.78. The van der Waals surface area contributed by atoms with Crippen molar-refractivity contribution in [3.8, 4) is 5.75 Å². The van der Waals surface area contributed by atoms with Crippen molar-refractivity contribution in [1.29, 1.82) is 0 Å². The van der Waals surface area contributed by atoms with Crippen LogP contribution in [0.2, 0.25) is 0 Å². The van der Waals surface area contributed by atoms with Gasteiger partial charge in [-0.05, 0) is 37.3 Å². The van der Waals surface area contributed by atoms with Gasteiger partial charge in [0, 0.05) is 10.0 Å². The lowest BCUT2D eigenvalue weighted by molar-refractivity contribution is -0.126. The molecule has 0 spiro atoms. The molecule has 1 aromatic rings. The van der Waals surface area contributed by atoms with Gasteiger partial charge in [-0.1, -0.05) is 15.9 Å². The summed E-state index contributed by atoms with van der Waals surface area (Å²) in [5, 5.41) is 6.68. The molecule has 4 nitrogen and oxygen atoms in total. The average molecular weight is 327 g/mol. The van der Waals surface area contributed by atoms with Crippen molar-refractivity contribution in [2.24, 2.45) is 5.92 Å². The molecule has 94 valence electrons. The minimum atomic E-state index is -0.380. The van der Waals surface area contributed by atoms with E-state index in [0.717, 1.165) is 15.8 Å². The van der Waals surface area contributed by atoms with Crippen LogP contribution in [0.3, 0.4) is 0 Å². The molecule has 0 aliphatic carbocycles. The number of benzene rings is 1. The lowest BCUT2D eigenvalue weighted by Gasteiger charge is -2.43. The number of thiocarbonyl (C=S) groups is 1. The third kappa shape index (κ3) is 1.80. The summed E-state index contributed by atoms with van der Waals surface area (Å²) in [5.41, 5.74) is 0.963. The van der Waals surface area contributed by atoms with Crippen LogP contribution in [-0.2, 0) is 4.79 Å². The Hall–Kier alpha value is -1.14. The lowest BCUT2D eigenvalue weighted by Crippen LogP contribution is -2.62. The van der Waals surface area contributed by atoms with Gasteiger partial charge < -0.3 is 15.4 Å². The van der Waals surface area contributed by atoms with Crippen molar-refractivity contribution < 1.29 is 9.53 Å². The van der Waals surface area contributed by atoms with Crippen molar-refractivity contribution >= 4 is 39.0 Å². The Bertz CT molecular complexity index is 549. The van der Waals surface area contributed by atoms with Gasteiger partial charge in [0.25, 0.3) is 0 Å². The second-order valence-corrected chi connectivity index (χ2v) is 5.78. The van der Waals surface area contributed by atoms with Gasteiger partial charge in [0.15, 0.2) is 11.3 Å². The van der Waals surface area contributed by atoms with Crippen LogP contribution < -0.4 is 15.4 Å². The number of ketones is 1. The van der Waals surface area contributed by atoms with Crippen LogP contribution in [0.15, 0.2) is 22.7 Å². The van der Waals surface area contributed by atoms with E-state index in [1.54, 1.807) is 6.92 Å². The van der Waals surface area contributed by atoms with Gasteiger partial charge >= 0.3 is 0 Å². The Morgan fingerprint density at radius 3 is 2.94 bits per heavy atom. The number of Topliss-reactive ketones (excluding diaryl/α,β-unsaturated/α-hetero) is 1. The number of carbonyl (C=O) groups is 1. The summed E-state index contributed by atoms with van der Waals surface area (Å²) in [6.07, 6.45) is -0.380. The first-order valence-corrected chi connectivity index (χ1v) is 6.80. The standard InChI is InChI=1S/C12H11BrN2O2S/c1-5(16)9-10-7-4-6(13)2-3-8(7)17-11(9)15-12(18)14-10/h2-4,9-11H,1H3,(H2,14,15,18). The highest BCUT2D eigenvalue weighted by Gasteiger charge is 2.45. The van der Waals surface area contributed by atoms with E-state index >= 15 is 0 Å². The monoisotopic (exact) mass is 326 g/mol. The molecule has 0 saturated carbocycles. The zero-order valence-electron chi connectivity index (χ0n) is 9.57. The molecule has 2 heterocycles. The molecule has 1 saturated heterocycles. The van der Waals surface area contributed by atoms with E-state index in [1.807, 2.05) is 18.2 Å². The molecule has 0 aromatic heterocycles. The Morgan fingerprint density at radius 2 is 2.22 bits per heavy atom. The molecule has 6 heteroatoms. The number of rotatable bonds is 1. The van der Waals surface area contributed by atoms with Gasteiger partial charge in [-0.2, -0.15) is 0 Å². The molecular weight excluding hydrogens is 316 g/mol. The zero-order chi connectivity index (χ0) is 12.9. The number of nitrogens with one attached hydrogen (secondary N) is 2. The number of halogens is 1. The van der Waals surface area contributed by atoms with Crippen LogP contribution in [0.4, 0.5) is 0 Å². The van der Waals surface area contributed by atoms with E-state index in [-0.39, 0.29) is 24.0 Å². The molecule has 2 aliphatic heterocycles. The van der Waals surface area contributed by atoms with E-state index < -0.39 is 0 Å². The minimum Gasteiger partial charge on any atom is -0.469 e. The average Bonchev–Trinajstić information content (AvgIpc) is 2.29. The second kappa shape index (κ2) is 4.20. The second-order valence-electron chi connectivity index (χ2n) is 4.45. The fraction of sp³-hybridized carbons (Fsp3) is 0.333. The fourth-order valence-electron chi connectivity index (χ4n) is 2.49. The SMILES string of the molecule is CC(=O)C1C2NC(=S)NC1c1cc(Br)ccc1O2. The van der Waals surface area contributed by atoms with Crippen LogP contribution in [0.1, 0.15) is 18.5 Å². The molecule has 0 amide bonds. The van der Waals surface area contributed by atoms with Crippen molar-refractivity contribution in [2.45, 2.75) is 19.2 Å². The number of hydrogen-bond acceptors (Lipinski definition) is 3. The maximum atomic E-state index is 11.8. The molecule has 2 aliphatic rings. The Labute approximate surface area is 118 Å². The smallest absolute Gasteiger partial charge is 0.183 e.